The first-order valence-electron chi connectivity index (χ1n) is 22.2. The Bertz CT molecular complexity index is 1180. The lowest BCUT2D eigenvalue weighted by atomic mass is 10.0. The first kappa shape index (κ1) is 54.5. The van der Waals surface area contributed by atoms with Crippen LogP contribution < -0.4 is 0 Å². The van der Waals surface area contributed by atoms with Crippen LogP contribution in [0.1, 0.15) is 181 Å². The minimum Gasteiger partial charge on any atom is -0.462 e. The van der Waals surface area contributed by atoms with E-state index in [-0.39, 0.29) is 19.4 Å². The Morgan fingerprint density at radius 3 is 1.63 bits per heavy atom. The van der Waals surface area contributed by atoms with Crippen LogP contribution in [0.15, 0.2) is 72.9 Å². The number of phosphoric acid groups is 1. The zero-order chi connectivity index (χ0) is 42.1. The van der Waals surface area contributed by atoms with Crippen molar-refractivity contribution in [2.24, 2.45) is 5.92 Å². The molecule has 0 spiro atoms. The lowest BCUT2D eigenvalue weighted by Crippen LogP contribution is -2.29. The number of aliphatic hydroxyl groups is 1. The summed E-state index contributed by atoms with van der Waals surface area (Å²) >= 11 is 0. The predicted octanol–water partition coefficient (Wildman–Crippen LogP) is 12.7. The second-order valence-electron chi connectivity index (χ2n) is 15.3. The van der Waals surface area contributed by atoms with Crippen LogP contribution in [-0.4, -0.2) is 52.3 Å². The van der Waals surface area contributed by atoms with E-state index in [4.69, 9.17) is 19.3 Å². The van der Waals surface area contributed by atoms with Crippen molar-refractivity contribution < 1.29 is 43.0 Å². The summed E-state index contributed by atoms with van der Waals surface area (Å²) in [6.07, 6.45) is 48.0. The number of phosphoric ester groups is 1. The molecule has 0 saturated carbocycles. The van der Waals surface area contributed by atoms with Gasteiger partial charge in [-0.05, 0) is 50.9 Å². The number of aliphatic hydroxyl groups excluding tert-OH is 1. The van der Waals surface area contributed by atoms with Crippen LogP contribution in [0.3, 0.4) is 0 Å². The highest BCUT2D eigenvalue weighted by Gasteiger charge is 2.22. The molecule has 3 N–H and O–H groups in total. The van der Waals surface area contributed by atoms with Crippen LogP contribution in [0.4, 0.5) is 0 Å². The SMILES string of the molecule is CC/C=C\C/C=C\C/C=C\C/C=C\C=C/C(O)C/C=C\CCC(=O)OC[C@H](COP(=O)(O)O)OC(=O)CCCCCCCCCCCCCCCCCCC(C)C. The summed E-state index contributed by atoms with van der Waals surface area (Å²) in [4.78, 5) is 42.9. The molecule has 0 aliphatic rings. The summed E-state index contributed by atoms with van der Waals surface area (Å²) in [5.74, 6) is -0.234. The smallest absolute Gasteiger partial charge is 0.462 e. The number of ether oxygens (including phenoxy) is 2. The number of hydrogen-bond acceptors (Lipinski definition) is 7. The number of allylic oxidation sites excluding steroid dienone is 10. The summed E-state index contributed by atoms with van der Waals surface area (Å²) in [6.45, 7) is 5.77. The molecule has 0 rings (SSSR count). The fraction of sp³-hybridized carbons (Fsp3) is 0.702. The number of unbranched alkanes of at least 4 members (excludes halogenated alkanes) is 15. The number of carbonyl (C=O) groups excluding carboxylic acids is 2. The van der Waals surface area contributed by atoms with E-state index in [1.54, 1.807) is 18.2 Å². The van der Waals surface area contributed by atoms with Gasteiger partial charge in [-0.1, -0.05) is 196 Å². The molecule has 0 heterocycles. The van der Waals surface area contributed by atoms with Gasteiger partial charge in [0.25, 0.3) is 0 Å². The van der Waals surface area contributed by atoms with Gasteiger partial charge in [0.05, 0.1) is 12.7 Å². The normalized spacial score (nSPS) is 13.8. The van der Waals surface area contributed by atoms with Crippen molar-refractivity contribution in [3.8, 4) is 0 Å². The first-order valence-corrected chi connectivity index (χ1v) is 23.7. The van der Waals surface area contributed by atoms with Crippen LogP contribution in [0, 0.1) is 5.92 Å². The molecule has 0 amide bonds. The molecule has 1 unspecified atom stereocenters. The molecule has 328 valence electrons. The molecule has 2 atom stereocenters. The summed E-state index contributed by atoms with van der Waals surface area (Å²) in [6, 6.07) is 0. The van der Waals surface area contributed by atoms with Gasteiger partial charge in [0.2, 0.25) is 0 Å². The van der Waals surface area contributed by atoms with Crippen molar-refractivity contribution in [1.82, 2.24) is 0 Å². The van der Waals surface area contributed by atoms with E-state index in [0.717, 1.165) is 50.9 Å². The van der Waals surface area contributed by atoms with Crippen molar-refractivity contribution in [3.63, 3.8) is 0 Å². The molecular formula is C47H81O9P. The topological polar surface area (TPSA) is 140 Å². The molecule has 10 heteroatoms. The van der Waals surface area contributed by atoms with Gasteiger partial charge in [0, 0.05) is 12.8 Å². The van der Waals surface area contributed by atoms with Crippen molar-refractivity contribution in [3.05, 3.63) is 72.9 Å². The number of esters is 2. The van der Waals surface area contributed by atoms with Crippen LogP contribution in [0.25, 0.3) is 0 Å². The van der Waals surface area contributed by atoms with Gasteiger partial charge in [0.1, 0.15) is 6.61 Å². The third-order valence-corrected chi connectivity index (χ3v) is 9.75. The summed E-state index contributed by atoms with van der Waals surface area (Å²) in [7, 11) is -4.80. The van der Waals surface area contributed by atoms with Gasteiger partial charge in [-0.15, -0.1) is 0 Å². The van der Waals surface area contributed by atoms with Gasteiger partial charge in [-0.3, -0.25) is 14.1 Å². The third kappa shape index (κ3) is 44.4. The lowest BCUT2D eigenvalue weighted by molar-refractivity contribution is -0.161. The largest absolute Gasteiger partial charge is 0.469 e. The molecule has 0 aliphatic carbocycles. The van der Waals surface area contributed by atoms with Crippen molar-refractivity contribution >= 4 is 19.8 Å². The zero-order valence-electron chi connectivity index (χ0n) is 36.0. The maximum atomic E-state index is 12.4. The standard InChI is InChI=1S/C47H81O9P/c1-4-5-6-7-8-9-10-15-19-22-25-28-32-37-44(48)38-33-30-35-39-46(49)54-41-45(42-55-57(51,52)53)56-47(50)40-34-29-26-23-20-17-14-12-11-13-16-18-21-24-27-31-36-43(2)3/h5-6,8-9,15,19,25,28,30,32-33,37,43-45,48H,4,7,10-14,16-18,20-24,26-27,29,31,34-36,38-42H2,1-3H3,(H2,51,52,53)/b6-5-,9-8-,19-15-,28-25-,33-30-,37-32-/t44?,45-/m1/s1. The van der Waals surface area contributed by atoms with E-state index in [1.165, 1.54) is 83.5 Å². The Hall–Kier alpha value is -2.55. The Labute approximate surface area is 347 Å². The monoisotopic (exact) mass is 821 g/mol. The van der Waals surface area contributed by atoms with E-state index < -0.39 is 38.6 Å². The van der Waals surface area contributed by atoms with Gasteiger partial charge >= 0.3 is 19.8 Å². The van der Waals surface area contributed by atoms with Crippen LogP contribution in [0.5, 0.6) is 0 Å². The highest BCUT2D eigenvalue weighted by molar-refractivity contribution is 7.46. The zero-order valence-corrected chi connectivity index (χ0v) is 36.9. The average Bonchev–Trinajstić information content (AvgIpc) is 3.16. The Morgan fingerprint density at radius 1 is 0.596 bits per heavy atom. The molecule has 0 aromatic heterocycles. The predicted molar refractivity (Wildman–Crippen MR) is 236 cm³/mol. The average molecular weight is 821 g/mol. The fourth-order valence-electron chi connectivity index (χ4n) is 5.96. The van der Waals surface area contributed by atoms with E-state index >= 15 is 0 Å². The minimum atomic E-state index is -4.80. The van der Waals surface area contributed by atoms with Gasteiger partial charge < -0.3 is 24.4 Å². The van der Waals surface area contributed by atoms with Crippen molar-refractivity contribution in [2.45, 2.75) is 193 Å². The molecule has 0 aromatic carbocycles. The number of hydrogen-bond donors (Lipinski definition) is 3. The Balaban J connectivity index is 4.09. The molecule has 0 aliphatic heterocycles. The Morgan fingerprint density at radius 2 is 1.11 bits per heavy atom. The fourth-order valence-corrected chi connectivity index (χ4v) is 6.32. The molecule has 57 heavy (non-hydrogen) atoms. The van der Waals surface area contributed by atoms with Crippen molar-refractivity contribution in [2.75, 3.05) is 13.2 Å². The maximum Gasteiger partial charge on any atom is 0.469 e. The van der Waals surface area contributed by atoms with E-state index in [2.05, 4.69) is 61.8 Å². The lowest BCUT2D eigenvalue weighted by Gasteiger charge is -2.18. The molecule has 0 fully saturated rings. The highest BCUT2D eigenvalue weighted by Crippen LogP contribution is 2.36. The third-order valence-electron chi connectivity index (χ3n) is 9.26. The molecule has 0 saturated heterocycles. The van der Waals surface area contributed by atoms with E-state index in [0.29, 0.717) is 19.3 Å². The minimum absolute atomic E-state index is 0.0588. The van der Waals surface area contributed by atoms with Crippen LogP contribution in [-0.2, 0) is 28.2 Å². The maximum absolute atomic E-state index is 12.4. The van der Waals surface area contributed by atoms with E-state index in [9.17, 15) is 19.3 Å². The second-order valence-corrected chi connectivity index (χ2v) is 16.6. The summed E-state index contributed by atoms with van der Waals surface area (Å²) in [5.41, 5.74) is 0. The molecule has 0 bridgehead atoms. The highest BCUT2D eigenvalue weighted by atomic mass is 31.2. The van der Waals surface area contributed by atoms with Crippen LogP contribution in [0.2, 0.25) is 0 Å². The van der Waals surface area contributed by atoms with Crippen molar-refractivity contribution in [1.29, 1.82) is 0 Å². The number of rotatable bonds is 39. The molecule has 0 radical (unpaired) electrons. The summed E-state index contributed by atoms with van der Waals surface area (Å²) < 4.78 is 26.3. The van der Waals surface area contributed by atoms with Crippen LogP contribution >= 0.6 is 7.82 Å². The molecule has 9 nitrogen and oxygen atoms in total. The first-order chi connectivity index (χ1) is 27.5. The van der Waals surface area contributed by atoms with Gasteiger partial charge in [0.15, 0.2) is 6.10 Å². The molecular weight excluding hydrogens is 739 g/mol. The second kappa shape index (κ2) is 40.2. The Kier molecular flexibility index (Phi) is 38.4. The summed E-state index contributed by atoms with van der Waals surface area (Å²) in [5, 5.41) is 10.1. The number of carbonyl (C=O) groups is 2. The molecule has 0 aromatic rings. The van der Waals surface area contributed by atoms with Gasteiger partial charge in [-0.25, -0.2) is 4.57 Å². The quantitative estimate of drug-likeness (QED) is 0.0182. The van der Waals surface area contributed by atoms with E-state index in [1.807, 2.05) is 18.2 Å². The van der Waals surface area contributed by atoms with Gasteiger partial charge in [-0.2, -0.15) is 0 Å².